The number of nitrogens with zero attached hydrogens (tertiary/aromatic N) is 2. The van der Waals surface area contributed by atoms with E-state index < -0.39 is 0 Å². The molecule has 0 bridgehead atoms. The van der Waals surface area contributed by atoms with E-state index in [1.807, 2.05) is 13.0 Å². The number of hydrogen-bond acceptors (Lipinski definition) is 1. The molecular formula is C8H6BrClN2. The van der Waals surface area contributed by atoms with Crippen molar-refractivity contribution >= 4 is 33.0 Å². The lowest BCUT2D eigenvalue weighted by Crippen LogP contribution is -1.87. The van der Waals surface area contributed by atoms with Gasteiger partial charge in [0.05, 0.1) is 21.2 Å². The van der Waals surface area contributed by atoms with E-state index in [0.29, 0.717) is 0 Å². The summed E-state index contributed by atoms with van der Waals surface area (Å²) in [6.07, 6.45) is 3.56. The van der Waals surface area contributed by atoms with Crippen molar-refractivity contribution in [2.24, 2.45) is 0 Å². The zero-order valence-electron chi connectivity index (χ0n) is 6.38. The first-order valence-corrected chi connectivity index (χ1v) is 4.64. The van der Waals surface area contributed by atoms with Gasteiger partial charge in [-0.2, -0.15) is 5.10 Å². The van der Waals surface area contributed by atoms with Crippen LogP contribution in [0.4, 0.5) is 0 Å². The molecule has 4 heteroatoms. The second-order valence-corrected chi connectivity index (χ2v) is 3.89. The molecule has 0 aliphatic carbocycles. The van der Waals surface area contributed by atoms with Gasteiger partial charge in [-0.25, -0.2) is 4.52 Å². The fourth-order valence-electron chi connectivity index (χ4n) is 1.07. The monoisotopic (exact) mass is 244 g/mol. The lowest BCUT2D eigenvalue weighted by molar-refractivity contribution is 0.958. The molecule has 0 unspecified atom stereocenters. The summed E-state index contributed by atoms with van der Waals surface area (Å²) in [5, 5.41) is 4.84. The van der Waals surface area contributed by atoms with Crippen molar-refractivity contribution in [3.63, 3.8) is 0 Å². The summed E-state index contributed by atoms with van der Waals surface area (Å²) < 4.78 is 2.74. The summed E-state index contributed by atoms with van der Waals surface area (Å²) in [6.45, 7) is 1.97. The van der Waals surface area contributed by atoms with Gasteiger partial charge < -0.3 is 0 Å². The van der Waals surface area contributed by atoms with Gasteiger partial charge in [-0.3, -0.25) is 0 Å². The molecule has 0 spiro atoms. The Hall–Kier alpha value is -0.540. The first-order valence-electron chi connectivity index (χ1n) is 3.47. The number of rotatable bonds is 0. The average Bonchev–Trinajstić information content (AvgIpc) is 2.35. The third-order valence-electron chi connectivity index (χ3n) is 1.75. The topological polar surface area (TPSA) is 17.3 Å². The zero-order chi connectivity index (χ0) is 8.72. The van der Waals surface area contributed by atoms with Gasteiger partial charge >= 0.3 is 0 Å². The first kappa shape index (κ1) is 8.08. The van der Waals surface area contributed by atoms with Gasteiger partial charge in [0.1, 0.15) is 0 Å². The average molecular weight is 246 g/mol. The predicted octanol–water partition coefficient (Wildman–Crippen LogP) is 3.06. The zero-order valence-corrected chi connectivity index (χ0v) is 8.72. The summed E-state index contributed by atoms with van der Waals surface area (Å²) in [6, 6.07) is 2.00. The van der Waals surface area contributed by atoms with E-state index in [0.717, 1.165) is 20.6 Å². The molecule has 2 heterocycles. The molecule has 0 fully saturated rings. The highest BCUT2D eigenvalue weighted by molar-refractivity contribution is 9.10. The Morgan fingerprint density at radius 1 is 1.58 bits per heavy atom. The maximum atomic E-state index is 5.92. The molecule has 2 rings (SSSR count). The summed E-state index contributed by atoms with van der Waals surface area (Å²) >= 11 is 9.32. The fourth-order valence-corrected chi connectivity index (χ4v) is 1.61. The van der Waals surface area contributed by atoms with Crippen LogP contribution < -0.4 is 0 Å². The minimum atomic E-state index is 0.734. The van der Waals surface area contributed by atoms with Crippen molar-refractivity contribution in [1.29, 1.82) is 0 Å². The summed E-state index contributed by atoms with van der Waals surface area (Å²) in [4.78, 5) is 0. The Kier molecular flexibility index (Phi) is 1.85. The van der Waals surface area contributed by atoms with Crippen LogP contribution in [0.2, 0.25) is 5.02 Å². The fraction of sp³-hybridized carbons (Fsp3) is 0.125. The van der Waals surface area contributed by atoms with E-state index in [2.05, 4.69) is 21.0 Å². The maximum Gasteiger partial charge on any atom is 0.0807 e. The predicted molar refractivity (Wildman–Crippen MR) is 52.6 cm³/mol. The highest BCUT2D eigenvalue weighted by Crippen LogP contribution is 2.22. The summed E-state index contributed by atoms with van der Waals surface area (Å²) in [5.74, 6) is 0. The largest absolute Gasteiger partial charge is 0.238 e. The van der Waals surface area contributed by atoms with Gasteiger partial charge in [0, 0.05) is 6.20 Å². The van der Waals surface area contributed by atoms with Crippen LogP contribution >= 0.6 is 27.5 Å². The first-order chi connectivity index (χ1) is 5.68. The van der Waals surface area contributed by atoms with Crippen LogP contribution in [0.3, 0.4) is 0 Å². The van der Waals surface area contributed by atoms with Crippen LogP contribution in [0.5, 0.6) is 0 Å². The van der Waals surface area contributed by atoms with Crippen LogP contribution in [0, 0.1) is 6.92 Å². The Bertz CT molecular complexity index is 436. The van der Waals surface area contributed by atoms with Crippen molar-refractivity contribution in [3.05, 3.63) is 33.5 Å². The SMILES string of the molecule is Cc1cc2c(Br)cnn2cc1Cl. The molecule has 0 aliphatic rings. The Balaban J connectivity index is 2.87. The summed E-state index contributed by atoms with van der Waals surface area (Å²) in [7, 11) is 0. The Morgan fingerprint density at radius 2 is 2.33 bits per heavy atom. The number of pyridine rings is 1. The van der Waals surface area contributed by atoms with Crippen LogP contribution in [0.15, 0.2) is 22.9 Å². The minimum Gasteiger partial charge on any atom is -0.238 e. The van der Waals surface area contributed by atoms with Crippen molar-refractivity contribution in [2.75, 3.05) is 0 Å². The molecule has 2 nitrogen and oxygen atoms in total. The number of aryl methyl sites for hydroxylation is 1. The van der Waals surface area contributed by atoms with E-state index in [1.165, 1.54) is 0 Å². The number of aromatic nitrogens is 2. The van der Waals surface area contributed by atoms with Crippen LogP contribution in [-0.4, -0.2) is 9.61 Å². The molecule has 0 radical (unpaired) electrons. The lowest BCUT2D eigenvalue weighted by atomic mass is 10.3. The Labute approximate surface area is 83.3 Å². The smallest absolute Gasteiger partial charge is 0.0807 e. The standard InChI is InChI=1S/C8H6BrClN2/c1-5-2-8-6(9)3-11-12(8)4-7(5)10/h2-4H,1H3. The molecule has 0 saturated heterocycles. The third-order valence-corrected chi connectivity index (χ3v) is 2.76. The number of halogens is 2. The molecule has 2 aromatic heterocycles. The van der Waals surface area contributed by atoms with E-state index in [4.69, 9.17) is 11.6 Å². The number of hydrogen-bond donors (Lipinski definition) is 0. The van der Waals surface area contributed by atoms with Crippen LogP contribution in [0.25, 0.3) is 5.52 Å². The Morgan fingerprint density at radius 3 is 3.08 bits per heavy atom. The molecule has 0 saturated carbocycles. The molecule has 2 aromatic rings. The van der Waals surface area contributed by atoms with Gasteiger partial charge in [-0.1, -0.05) is 11.6 Å². The van der Waals surface area contributed by atoms with Crippen LogP contribution in [-0.2, 0) is 0 Å². The van der Waals surface area contributed by atoms with E-state index in [9.17, 15) is 0 Å². The van der Waals surface area contributed by atoms with Gasteiger partial charge in [-0.05, 0) is 34.5 Å². The van der Waals surface area contributed by atoms with Crippen molar-refractivity contribution in [2.45, 2.75) is 6.92 Å². The van der Waals surface area contributed by atoms with Crippen molar-refractivity contribution in [1.82, 2.24) is 9.61 Å². The van der Waals surface area contributed by atoms with Crippen molar-refractivity contribution in [3.8, 4) is 0 Å². The highest BCUT2D eigenvalue weighted by Gasteiger charge is 2.03. The maximum absolute atomic E-state index is 5.92. The lowest BCUT2D eigenvalue weighted by Gasteiger charge is -1.98. The molecule has 0 N–H and O–H groups in total. The van der Waals surface area contributed by atoms with E-state index in [1.54, 1.807) is 16.9 Å². The van der Waals surface area contributed by atoms with Gasteiger partial charge in [0.15, 0.2) is 0 Å². The second-order valence-electron chi connectivity index (χ2n) is 2.63. The molecule has 0 aliphatic heterocycles. The van der Waals surface area contributed by atoms with E-state index >= 15 is 0 Å². The molecular weight excluding hydrogens is 239 g/mol. The third kappa shape index (κ3) is 1.13. The molecule has 0 atom stereocenters. The van der Waals surface area contributed by atoms with E-state index in [-0.39, 0.29) is 0 Å². The quantitative estimate of drug-likeness (QED) is 0.697. The minimum absolute atomic E-state index is 0.734. The van der Waals surface area contributed by atoms with Gasteiger partial charge in [-0.15, -0.1) is 0 Å². The summed E-state index contributed by atoms with van der Waals surface area (Å²) in [5.41, 5.74) is 2.10. The highest BCUT2D eigenvalue weighted by atomic mass is 79.9. The molecule has 0 aromatic carbocycles. The second kappa shape index (κ2) is 2.75. The van der Waals surface area contributed by atoms with Crippen LogP contribution in [0.1, 0.15) is 5.56 Å². The molecule has 62 valence electrons. The van der Waals surface area contributed by atoms with Gasteiger partial charge in [0.2, 0.25) is 0 Å². The molecule has 12 heavy (non-hydrogen) atoms. The van der Waals surface area contributed by atoms with Gasteiger partial charge in [0.25, 0.3) is 0 Å². The molecule has 0 amide bonds. The normalized spacial score (nSPS) is 10.9. The number of fused-ring (bicyclic) bond motifs is 1. The van der Waals surface area contributed by atoms with Crippen molar-refractivity contribution < 1.29 is 0 Å².